The smallest absolute Gasteiger partial charge is 0.251 e. The highest BCUT2D eigenvalue weighted by Gasteiger charge is 2.38. The summed E-state index contributed by atoms with van der Waals surface area (Å²) in [6.45, 7) is 6.61. The summed E-state index contributed by atoms with van der Waals surface area (Å²) in [7, 11) is 0. The fourth-order valence-electron chi connectivity index (χ4n) is 4.69. The van der Waals surface area contributed by atoms with Gasteiger partial charge in [-0.1, -0.05) is 36.7 Å². The van der Waals surface area contributed by atoms with E-state index in [1.165, 1.54) is 0 Å². The Morgan fingerprint density at radius 2 is 1.84 bits per heavy atom. The van der Waals surface area contributed by atoms with Crippen molar-refractivity contribution >= 4 is 45.3 Å². The molecule has 3 atom stereocenters. The number of amides is 2. The Balaban J connectivity index is 2.12. The SMILES string of the molecule is CCC(=O)[C@H](CCCN=C(N)N)CC(=O)[C@@H]1CCCN1C(=O)[C@H](CC(C)C)NC(=O)c1ccc(Br)cc1. The van der Waals surface area contributed by atoms with Gasteiger partial charge >= 0.3 is 0 Å². The lowest BCUT2D eigenvalue weighted by Gasteiger charge is -2.30. The summed E-state index contributed by atoms with van der Waals surface area (Å²) in [5.74, 6) is -0.933. The number of nitrogens with two attached hydrogens (primary N) is 2. The highest BCUT2D eigenvalue weighted by atomic mass is 79.9. The minimum absolute atomic E-state index is 0.00210. The van der Waals surface area contributed by atoms with Crippen LogP contribution in [0.25, 0.3) is 0 Å². The lowest BCUT2D eigenvalue weighted by molar-refractivity contribution is -0.140. The highest BCUT2D eigenvalue weighted by Crippen LogP contribution is 2.25. The molecule has 1 heterocycles. The molecule has 0 radical (unpaired) electrons. The normalized spacial score (nSPS) is 16.8. The van der Waals surface area contributed by atoms with Gasteiger partial charge in [0, 0.05) is 41.9 Å². The number of nitrogens with one attached hydrogen (secondary N) is 1. The molecule has 10 heteroatoms. The summed E-state index contributed by atoms with van der Waals surface area (Å²) in [5.41, 5.74) is 11.2. The molecule has 37 heavy (non-hydrogen) atoms. The third-order valence-electron chi connectivity index (χ3n) is 6.58. The van der Waals surface area contributed by atoms with Gasteiger partial charge in [-0.05, 0) is 62.3 Å². The van der Waals surface area contributed by atoms with Crippen LogP contribution in [0, 0.1) is 11.8 Å². The molecule has 0 aromatic heterocycles. The van der Waals surface area contributed by atoms with Crippen LogP contribution >= 0.6 is 15.9 Å². The van der Waals surface area contributed by atoms with Crippen molar-refractivity contribution in [1.82, 2.24) is 10.2 Å². The predicted octanol–water partition coefficient (Wildman–Crippen LogP) is 3.19. The molecule has 204 valence electrons. The Kier molecular flexibility index (Phi) is 12.2. The lowest BCUT2D eigenvalue weighted by Crippen LogP contribution is -2.52. The van der Waals surface area contributed by atoms with Crippen molar-refractivity contribution < 1.29 is 19.2 Å². The van der Waals surface area contributed by atoms with E-state index in [0.29, 0.717) is 57.2 Å². The third-order valence-corrected chi connectivity index (χ3v) is 7.11. The van der Waals surface area contributed by atoms with Crippen LogP contribution in [-0.2, 0) is 14.4 Å². The highest BCUT2D eigenvalue weighted by molar-refractivity contribution is 9.10. The van der Waals surface area contributed by atoms with E-state index in [2.05, 4.69) is 26.2 Å². The molecule has 1 aromatic carbocycles. The summed E-state index contributed by atoms with van der Waals surface area (Å²) in [6.07, 6.45) is 3.24. The quantitative estimate of drug-likeness (QED) is 0.176. The molecule has 0 aliphatic carbocycles. The summed E-state index contributed by atoms with van der Waals surface area (Å²) >= 11 is 3.36. The predicted molar refractivity (Wildman–Crippen MR) is 148 cm³/mol. The van der Waals surface area contributed by atoms with Gasteiger partial charge in [0.1, 0.15) is 11.8 Å². The van der Waals surface area contributed by atoms with Crippen LogP contribution in [0.3, 0.4) is 0 Å². The van der Waals surface area contributed by atoms with Gasteiger partial charge in [0.05, 0.1) is 6.04 Å². The molecule has 0 spiro atoms. The molecule has 1 aliphatic rings. The van der Waals surface area contributed by atoms with Crippen LogP contribution in [0.4, 0.5) is 0 Å². The van der Waals surface area contributed by atoms with Gasteiger partial charge in [-0.3, -0.25) is 24.2 Å². The number of rotatable bonds is 14. The second-order valence-corrected chi connectivity index (χ2v) is 10.9. The van der Waals surface area contributed by atoms with Crippen LogP contribution in [0.15, 0.2) is 33.7 Å². The van der Waals surface area contributed by atoms with Crippen LogP contribution in [0.1, 0.15) is 76.1 Å². The minimum atomic E-state index is -0.739. The van der Waals surface area contributed by atoms with Crippen molar-refractivity contribution in [2.45, 2.75) is 77.8 Å². The van der Waals surface area contributed by atoms with Gasteiger partial charge in [0.15, 0.2) is 11.7 Å². The first kappa shape index (κ1) is 30.5. The summed E-state index contributed by atoms with van der Waals surface area (Å²) in [5, 5.41) is 2.89. The number of nitrogens with zero attached hydrogens (tertiary/aromatic N) is 2. The maximum absolute atomic E-state index is 13.6. The maximum atomic E-state index is 13.6. The zero-order valence-electron chi connectivity index (χ0n) is 22.0. The van der Waals surface area contributed by atoms with E-state index in [1.807, 2.05) is 13.8 Å². The van der Waals surface area contributed by atoms with Gasteiger partial charge in [-0.2, -0.15) is 0 Å². The largest absolute Gasteiger partial charge is 0.370 e. The molecule has 1 aromatic rings. The Morgan fingerprint density at radius 1 is 1.16 bits per heavy atom. The fourth-order valence-corrected chi connectivity index (χ4v) is 4.96. The molecule has 2 rings (SSSR count). The number of halogens is 1. The molecular weight excluding hydrogens is 538 g/mol. The minimum Gasteiger partial charge on any atom is -0.370 e. The molecule has 1 saturated heterocycles. The molecular formula is C27H40BrN5O4. The first-order valence-corrected chi connectivity index (χ1v) is 13.8. The van der Waals surface area contributed by atoms with Crippen LogP contribution in [-0.4, -0.2) is 59.4 Å². The van der Waals surface area contributed by atoms with Gasteiger partial charge in [0.25, 0.3) is 5.91 Å². The molecule has 0 bridgehead atoms. The van der Waals surface area contributed by atoms with Crippen molar-refractivity contribution in [3.8, 4) is 0 Å². The van der Waals surface area contributed by atoms with E-state index in [-0.39, 0.29) is 41.7 Å². The van der Waals surface area contributed by atoms with Crippen LogP contribution in [0.2, 0.25) is 0 Å². The number of hydrogen-bond acceptors (Lipinski definition) is 5. The van der Waals surface area contributed by atoms with Crippen molar-refractivity contribution in [3.63, 3.8) is 0 Å². The average molecular weight is 579 g/mol. The van der Waals surface area contributed by atoms with E-state index in [1.54, 1.807) is 36.1 Å². The van der Waals surface area contributed by atoms with E-state index in [9.17, 15) is 19.2 Å². The second kappa shape index (κ2) is 14.9. The Hall–Kier alpha value is -2.75. The number of carbonyl (C=O) groups excluding carboxylic acids is 4. The van der Waals surface area contributed by atoms with Gasteiger partial charge in [0.2, 0.25) is 5.91 Å². The molecule has 2 amide bonds. The molecule has 1 fully saturated rings. The third kappa shape index (κ3) is 9.57. The van der Waals surface area contributed by atoms with E-state index >= 15 is 0 Å². The number of aliphatic imine (C=N–C) groups is 1. The maximum Gasteiger partial charge on any atom is 0.251 e. The summed E-state index contributed by atoms with van der Waals surface area (Å²) in [6, 6.07) is 5.60. The number of ketones is 2. The standard InChI is InChI=1S/C27H40BrN5O4/c1-4-23(34)19(7-5-13-31-27(29)30)16-24(35)22-8-6-14-33(22)26(37)21(15-17(2)3)32-25(36)18-9-11-20(28)12-10-18/h9-12,17,19,21-22H,4-8,13-16H2,1-3H3,(H,32,36)(H4,29,30,31)/t19-,21+,22+/m1/s1. The van der Waals surface area contributed by atoms with Crippen molar-refractivity contribution in [1.29, 1.82) is 0 Å². The topological polar surface area (TPSA) is 148 Å². The molecule has 0 unspecified atom stereocenters. The Labute approximate surface area is 227 Å². The van der Waals surface area contributed by atoms with Crippen LogP contribution < -0.4 is 16.8 Å². The van der Waals surface area contributed by atoms with Crippen LogP contribution in [0.5, 0.6) is 0 Å². The Morgan fingerprint density at radius 3 is 2.43 bits per heavy atom. The molecule has 0 saturated carbocycles. The first-order valence-electron chi connectivity index (χ1n) is 13.0. The number of benzene rings is 1. The average Bonchev–Trinajstić information content (AvgIpc) is 3.34. The van der Waals surface area contributed by atoms with E-state index < -0.39 is 18.0 Å². The molecule has 1 aliphatic heterocycles. The zero-order valence-corrected chi connectivity index (χ0v) is 23.6. The van der Waals surface area contributed by atoms with Gasteiger partial charge < -0.3 is 21.7 Å². The molecule has 9 nitrogen and oxygen atoms in total. The number of hydrogen-bond donors (Lipinski definition) is 3. The fraction of sp³-hybridized carbons (Fsp3) is 0.593. The van der Waals surface area contributed by atoms with E-state index in [4.69, 9.17) is 11.5 Å². The van der Waals surface area contributed by atoms with Gasteiger partial charge in [-0.25, -0.2) is 0 Å². The second-order valence-electron chi connectivity index (χ2n) is 9.99. The monoisotopic (exact) mass is 577 g/mol. The number of guanidine groups is 1. The number of carbonyl (C=O) groups is 4. The first-order chi connectivity index (χ1) is 17.5. The lowest BCUT2D eigenvalue weighted by atomic mass is 9.89. The van der Waals surface area contributed by atoms with E-state index in [0.717, 1.165) is 4.47 Å². The number of likely N-dealkylation sites (tertiary alicyclic amines) is 1. The summed E-state index contributed by atoms with van der Waals surface area (Å²) < 4.78 is 0.855. The molecule has 5 N–H and O–H groups in total. The zero-order chi connectivity index (χ0) is 27.5. The Bertz CT molecular complexity index is 976. The summed E-state index contributed by atoms with van der Waals surface area (Å²) in [4.78, 5) is 57.9. The number of Topliss-reactive ketones (excluding diaryl/α,β-unsaturated/α-hetero) is 2. The van der Waals surface area contributed by atoms with Crippen molar-refractivity contribution in [2.75, 3.05) is 13.1 Å². The van der Waals surface area contributed by atoms with Crippen molar-refractivity contribution in [3.05, 3.63) is 34.3 Å². The van der Waals surface area contributed by atoms with Gasteiger partial charge in [-0.15, -0.1) is 0 Å². The van der Waals surface area contributed by atoms with Crippen molar-refractivity contribution in [2.24, 2.45) is 28.3 Å².